The van der Waals surface area contributed by atoms with Crippen molar-refractivity contribution in [2.24, 2.45) is 0 Å². The van der Waals surface area contributed by atoms with E-state index in [0.29, 0.717) is 26.2 Å². The standard InChI is InChI=1S/C9H15BN4O2S/c10-7-5-8(9(11)13-6-7)17(15,16)14-3-1-12-2-4-14/h5-6,12H,1-4,10H2,(H2,11,13). The SMILES string of the molecule is Bc1cnc(N)c(S(=O)(=O)N2CCNCC2)c1. The van der Waals surface area contributed by atoms with Crippen molar-refractivity contribution in [3.05, 3.63) is 12.3 Å². The van der Waals surface area contributed by atoms with Crippen LogP contribution in [-0.2, 0) is 10.0 Å². The van der Waals surface area contributed by atoms with Gasteiger partial charge in [-0.2, -0.15) is 4.31 Å². The number of nitrogens with one attached hydrogen (secondary N) is 1. The molecule has 2 heterocycles. The van der Waals surface area contributed by atoms with Crippen molar-refractivity contribution in [3.8, 4) is 0 Å². The minimum absolute atomic E-state index is 0.0640. The van der Waals surface area contributed by atoms with Crippen molar-refractivity contribution in [1.29, 1.82) is 0 Å². The maximum absolute atomic E-state index is 12.3. The summed E-state index contributed by atoms with van der Waals surface area (Å²) >= 11 is 0. The second-order valence-electron chi connectivity index (χ2n) is 4.05. The van der Waals surface area contributed by atoms with Crippen LogP contribution in [0.4, 0.5) is 5.82 Å². The van der Waals surface area contributed by atoms with E-state index < -0.39 is 10.0 Å². The highest BCUT2D eigenvalue weighted by atomic mass is 32.2. The maximum atomic E-state index is 12.3. The molecule has 1 saturated heterocycles. The van der Waals surface area contributed by atoms with E-state index in [4.69, 9.17) is 5.73 Å². The molecule has 0 saturated carbocycles. The van der Waals surface area contributed by atoms with Crippen molar-refractivity contribution < 1.29 is 8.42 Å². The molecule has 3 N–H and O–H groups in total. The molecule has 0 amide bonds. The average Bonchev–Trinajstić information content (AvgIpc) is 2.33. The fraction of sp³-hybridized carbons (Fsp3) is 0.444. The van der Waals surface area contributed by atoms with Gasteiger partial charge in [0.1, 0.15) is 18.6 Å². The number of nitrogens with two attached hydrogens (primary N) is 1. The number of nitrogens with zero attached hydrogens (tertiary/aromatic N) is 2. The van der Waals surface area contributed by atoms with E-state index >= 15 is 0 Å². The van der Waals surface area contributed by atoms with Crippen LogP contribution in [0.15, 0.2) is 17.2 Å². The van der Waals surface area contributed by atoms with E-state index in [9.17, 15) is 8.42 Å². The third-order valence-electron chi connectivity index (χ3n) is 2.71. The van der Waals surface area contributed by atoms with Crippen molar-refractivity contribution in [3.63, 3.8) is 0 Å². The molecule has 0 spiro atoms. The molecule has 1 aliphatic rings. The predicted molar refractivity (Wildman–Crippen MR) is 68.5 cm³/mol. The zero-order valence-corrected chi connectivity index (χ0v) is 10.5. The number of anilines is 1. The van der Waals surface area contributed by atoms with Crippen molar-refractivity contribution >= 4 is 29.2 Å². The van der Waals surface area contributed by atoms with Crippen molar-refractivity contribution in [1.82, 2.24) is 14.6 Å². The second kappa shape index (κ2) is 4.63. The lowest BCUT2D eigenvalue weighted by Crippen LogP contribution is -2.46. The minimum Gasteiger partial charge on any atom is -0.383 e. The summed E-state index contributed by atoms with van der Waals surface area (Å²) < 4.78 is 26.1. The van der Waals surface area contributed by atoms with Gasteiger partial charge in [-0.25, -0.2) is 13.4 Å². The van der Waals surface area contributed by atoms with Gasteiger partial charge in [0.2, 0.25) is 10.0 Å². The summed E-state index contributed by atoms with van der Waals surface area (Å²) in [5, 5.41) is 3.11. The highest BCUT2D eigenvalue weighted by molar-refractivity contribution is 7.89. The lowest BCUT2D eigenvalue weighted by Gasteiger charge is -2.26. The molecule has 1 fully saturated rings. The number of nitrogen functional groups attached to an aromatic ring is 1. The van der Waals surface area contributed by atoms with E-state index in [2.05, 4.69) is 10.3 Å². The van der Waals surface area contributed by atoms with E-state index in [1.807, 2.05) is 0 Å². The molecule has 6 nitrogen and oxygen atoms in total. The Kier molecular flexibility index (Phi) is 3.37. The Morgan fingerprint density at radius 2 is 2.06 bits per heavy atom. The summed E-state index contributed by atoms with van der Waals surface area (Å²) in [5.74, 6) is 0.0640. The van der Waals surface area contributed by atoms with Gasteiger partial charge in [-0.15, -0.1) is 0 Å². The van der Waals surface area contributed by atoms with Gasteiger partial charge in [0.15, 0.2) is 0 Å². The lowest BCUT2D eigenvalue weighted by molar-refractivity contribution is 0.360. The molecule has 92 valence electrons. The van der Waals surface area contributed by atoms with E-state index in [0.717, 1.165) is 5.46 Å². The van der Waals surface area contributed by atoms with E-state index in [1.54, 1.807) is 20.1 Å². The molecule has 0 aliphatic carbocycles. The topological polar surface area (TPSA) is 88.3 Å². The van der Waals surface area contributed by atoms with Crippen LogP contribution in [0.3, 0.4) is 0 Å². The second-order valence-corrected chi connectivity index (χ2v) is 5.96. The number of sulfonamides is 1. The van der Waals surface area contributed by atoms with Crippen LogP contribution in [-0.4, -0.2) is 51.7 Å². The molecule has 0 atom stereocenters. The summed E-state index contributed by atoms with van der Waals surface area (Å²) in [6, 6.07) is 1.57. The average molecular weight is 254 g/mol. The Hall–Kier alpha value is -1.12. The molecular weight excluding hydrogens is 239 g/mol. The Bertz CT molecular complexity index is 514. The van der Waals surface area contributed by atoms with Gasteiger partial charge in [-0.05, 0) is 6.07 Å². The van der Waals surface area contributed by atoms with Crippen molar-refractivity contribution in [2.75, 3.05) is 31.9 Å². The van der Waals surface area contributed by atoms with Crippen LogP contribution in [0.1, 0.15) is 0 Å². The summed E-state index contributed by atoms with van der Waals surface area (Å²) in [6.07, 6.45) is 1.56. The first-order valence-corrected chi connectivity index (χ1v) is 6.89. The largest absolute Gasteiger partial charge is 0.383 e. The van der Waals surface area contributed by atoms with Crippen LogP contribution < -0.4 is 16.5 Å². The number of rotatable bonds is 2. The quantitative estimate of drug-likeness (QED) is 0.570. The fourth-order valence-corrected chi connectivity index (χ4v) is 3.38. The number of aromatic nitrogens is 1. The highest BCUT2D eigenvalue weighted by Gasteiger charge is 2.28. The van der Waals surface area contributed by atoms with Crippen LogP contribution in [0.2, 0.25) is 0 Å². The fourth-order valence-electron chi connectivity index (χ4n) is 1.78. The summed E-state index contributed by atoms with van der Waals surface area (Å²) in [5.41, 5.74) is 6.43. The van der Waals surface area contributed by atoms with E-state index in [1.165, 1.54) is 4.31 Å². The van der Waals surface area contributed by atoms with Crippen LogP contribution >= 0.6 is 0 Å². The Morgan fingerprint density at radius 1 is 1.41 bits per heavy atom. The number of hydrogen-bond acceptors (Lipinski definition) is 5. The third kappa shape index (κ3) is 2.43. The first-order chi connectivity index (χ1) is 8.01. The molecule has 1 aliphatic heterocycles. The number of hydrogen-bond donors (Lipinski definition) is 2. The molecule has 0 unspecified atom stereocenters. The van der Waals surface area contributed by atoms with Gasteiger partial charge in [-0.1, -0.05) is 5.46 Å². The van der Waals surface area contributed by atoms with Crippen molar-refractivity contribution in [2.45, 2.75) is 4.90 Å². The van der Waals surface area contributed by atoms with E-state index in [-0.39, 0.29) is 10.7 Å². The number of pyridine rings is 1. The van der Waals surface area contributed by atoms with Crippen LogP contribution in [0, 0.1) is 0 Å². The maximum Gasteiger partial charge on any atom is 0.246 e. The molecule has 0 aromatic carbocycles. The van der Waals surface area contributed by atoms with Gasteiger partial charge in [0.25, 0.3) is 0 Å². The third-order valence-corrected chi connectivity index (χ3v) is 4.64. The lowest BCUT2D eigenvalue weighted by atomic mass is 9.99. The van der Waals surface area contributed by atoms with Gasteiger partial charge in [-0.3, -0.25) is 0 Å². The molecule has 1 aromatic rings. The molecule has 2 rings (SSSR count). The van der Waals surface area contributed by atoms with Gasteiger partial charge in [0.05, 0.1) is 0 Å². The molecule has 1 aromatic heterocycles. The molecule has 17 heavy (non-hydrogen) atoms. The summed E-state index contributed by atoms with van der Waals surface area (Å²) in [4.78, 5) is 4.01. The molecular formula is C9H15BN4O2S. The summed E-state index contributed by atoms with van der Waals surface area (Å²) in [6.45, 7) is 2.27. The molecule has 0 radical (unpaired) electrons. The smallest absolute Gasteiger partial charge is 0.246 e. The minimum atomic E-state index is -3.51. The zero-order chi connectivity index (χ0) is 12.5. The normalized spacial score (nSPS) is 18.1. The summed E-state index contributed by atoms with van der Waals surface area (Å²) in [7, 11) is -1.71. The Morgan fingerprint density at radius 3 is 2.71 bits per heavy atom. The molecule has 8 heteroatoms. The zero-order valence-electron chi connectivity index (χ0n) is 9.68. The number of piperazine rings is 1. The van der Waals surface area contributed by atoms with Gasteiger partial charge >= 0.3 is 0 Å². The first-order valence-electron chi connectivity index (χ1n) is 5.45. The van der Waals surface area contributed by atoms with Crippen LogP contribution in [0.5, 0.6) is 0 Å². The first kappa shape index (κ1) is 12.3. The van der Waals surface area contributed by atoms with Crippen LogP contribution in [0.25, 0.3) is 0 Å². The highest BCUT2D eigenvalue weighted by Crippen LogP contribution is 2.19. The monoisotopic (exact) mass is 254 g/mol. The predicted octanol–water partition coefficient (Wildman–Crippen LogP) is -2.48. The Balaban J connectivity index is 2.40. The van der Waals surface area contributed by atoms with Gasteiger partial charge < -0.3 is 11.1 Å². The molecule has 0 bridgehead atoms. The Labute approximate surface area is 102 Å². The van der Waals surface area contributed by atoms with Gasteiger partial charge in [0, 0.05) is 32.4 Å².